The Morgan fingerprint density at radius 2 is 2.05 bits per heavy atom. The average Bonchev–Trinajstić information content (AvgIpc) is 2.47. The van der Waals surface area contributed by atoms with Gasteiger partial charge in [0.15, 0.2) is 9.84 Å². The third-order valence-electron chi connectivity index (χ3n) is 3.85. The molecule has 2 atom stereocenters. The highest BCUT2D eigenvalue weighted by molar-refractivity contribution is 7.92. The van der Waals surface area contributed by atoms with Gasteiger partial charge < -0.3 is 15.2 Å². The molecule has 0 bridgehead atoms. The van der Waals surface area contributed by atoms with E-state index in [1.54, 1.807) is 7.11 Å². The highest BCUT2D eigenvalue weighted by Crippen LogP contribution is 2.33. The van der Waals surface area contributed by atoms with E-state index in [0.717, 1.165) is 18.4 Å². The van der Waals surface area contributed by atoms with Crippen molar-refractivity contribution in [2.24, 2.45) is 5.73 Å². The fraction of sp³-hybridized carbons (Fsp3) is 0.600. The number of hydrogen-bond donors (Lipinski definition) is 1. The van der Waals surface area contributed by atoms with Crippen molar-refractivity contribution >= 4 is 9.84 Å². The zero-order valence-electron chi connectivity index (χ0n) is 12.3. The Labute approximate surface area is 126 Å². The number of methoxy groups -OCH3 is 1. The summed E-state index contributed by atoms with van der Waals surface area (Å²) in [6.07, 6.45) is 2.26. The van der Waals surface area contributed by atoms with Crippen molar-refractivity contribution < 1.29 is 17.9 Å². The van der Waals surface area contributed by atoms with Gasteiger partial charge in [0, 0.05) is 12.7 Å². The molecular formula is C15H23NO4S. The summed E-state index contributed by atoms with van der Waals surface area (Å²) in [6.45, 7) is 0.892. The Bertz CT molecular complexity index is 559. The van der Waals surface area contributed by atoms with Gasteiger partial charge in [-0.05, 0) is 18.9 Å². The molecule has 0 amide bonds. The lowest BCUT2D eigenvalue weighted by atomic mass is 9.99. The van der Waals surface area contributed by atoms with Crippen LogP contribution in [0, 0.1) is 0 Å². The maximum atomic E-state index is 12.2. The van der Waals surface area contributed by atoms with E-state index < -0.39 is 21.1 Å². The smallest absolute Gasteiger partial charge is 0.155 e. The van der Waals surface area contributed by atoms with Crippen LogP contribution in [-0.2, 0) is 14.6 Å². The molecule has 1 saturated heterocycles. The summed E-state index contributed by atoms with van der Waals surface area (Å²) in [5.74, 6) is 0.876. The number of benzene rings is 1. The Balaban J connectivity index is 2.20. The molecule has 2 rings (SSSR count). The minimum Gasteiger partial charge on any atom is -0.491 e. The van der Waals surface area contributed by atoms with Crippen LogP contribution < -0.4 is 10.5 Å². The first-order valence-electron chi connectivity index (χ1n) is 7.24. The fourth-order valence-electron chi connectivity index (χ4n) is 2.71. The Morgan fingerprint density at radius 1 is 1.29 bits per heavy atom. The lowest BCUT2D eigenvalue weighted by Crippen LogP contribution is -2.38. The predicted octanol–water partition coefficient (Wildman–Crippen LogP) is 1.68. The number of sulfone groups is 1. The van der Waals surface area contributed by atoms with Crippen LogP contribution >= 0.6 is 0 Å². The van der Waals surface area contributed by atoms with Gasteiger partial charge in [0.05, 0.1) is 23.7 Å². The van der Waals surface area contributed by atoms with Gasteiger partial charge in [-0.3, -0.25) is 0 Å². The number of para-hydroxylation sites is 1. The first kappa shape index (κ1) is 16.3. The predicted molar refractivity (Wildman–Crippen MR) is 82.2 cm³/mol. The van der Waals surface area contributed by atoms with Crippen LogP contribution in [0.4, 0.5) is 0 Å². The largest absolute Gasteiger partial charge is 0.491 e. The van der Waals surface area contributed by atoms with E-state index in [-0.39, 0.29) is 5.75 Å². The van der Waals surface area contributed by atoms with Crippen LogP contribution in [0.3, 0.4) is 0 Å². The van der Waals surface area contributed by atoms with Crippen molar-refractivity contribution in [1.29, 1.82) is 0 Å². The minimum absolute atomic E-state index is 0.234. The Hall–Kier alpha value is -1.11. The van der Waals surface area contributed by atoms with Gasteiger partial charge in [-0.2, -0.15) is 0 Å². The van der Waals surface area contributed by atoms with E-state index in [0.29, 0.717) is 25.4 Å². The second kappa shape index (κ2) is 7.24. The molecule has 6 heteroatoms. The standard InChI is InChI=1S/C15H23NO4S/c1-19-9-10-20-13-7-3-2-6-12(13)15(16)14-8-4-5-11-21(14,17)18/h2-3,6-7,14-15H,4-5,8-11,16H2,1H3. The summed E-state index contributed by atoms with van der Waals surface area (Å²) >= 11 is 0. The summed E-state index contributed by atoms with van der Waals surface area (Å²) in [7, 11) is -1.51. The second-order valence-corrected chi connectivity index (χ2v) is 7.65. The molecular weight excluding hydrogens is 290 g/mol. The van der Waals surface area contributed by atoms with Crippen LogP contribution in [0.25, 0.3) is 0 Å². The van der Waals surface area contributed by atoms with Gasteiger partial charge in [-0.1, -0.05) is 24.6 Å². The highest BCUT2D eigenvalue weighted by Gasteiger charge is 2.35. The summed E-state index contributed by atoms with van der Waals surface area (Å²) in [4.78, 5) is 0. The van der Waals surface area contributed by atoms with Crippen LogP contribution in [0.1, 0.15) is 30.9 Å². The molecule has 2 unspecified atom stereocenters. The molecule has 5 nitrogen and oxygen atoms in total. The summed E-state index contributed by atoms with van der Waals surface area (Å²) in [5, 5.41) is -0.515. The zero-order chi connectivity index (χ0) is 15.3. The van der Waals surface area contributed by atoms with Crippen molar-refractivity contribution in [3.63, 3.8) is 0 Å². The number of rotatable bonds is 6. The molecule has 1 fully saturated rings. The lowest BCUT2D eigenvalue weighted by Gasteiger charge is -2.28. The quantitative estimate of drug-likeness (QED) is 0.808. The Morgan fingerprint density at radius 3 is 2.76 bits per heavy atom. The van der Waals surface area contributed by atoms with Crippen LogP contribution in [0.2, 0.25) is 0 Å². The molecule has 1 aromatic carbocycles. The van der Waals surface area contributed by atoms with E-state index in [4.69, 9.17) is 15.2 Å². The molecule has 21 heavy (non-hydrogen) atoms. The molecule has 0 aliphatic carbocycles. The van der Waals surface area contributed by atoms with Gasteiger partial charge in [-0.15, -0.1) is 0 Å². The lowest BCUT2D eigenvalue weighted by molar-refractivity contribution is 0.145. The summed E-state index contributed by atoms with van der Waals surface area (Å²) in [6, 6.07) is 6.83. The summed E-state index contributed by atoms with van der Waals surface area (Å²) < 4.78 is 35.1. The third kappa shape index (κ3) is 3.96. The number of ether oxygens (including phenoxy) is 2. The highest BCUT2D eigenvalue weighted by atomic mass is 32.2. The van der Waals surface area contributed by atoms with E-state index >= 15 is 0 Å². The van der Waals surface area contributed by atoms with Gasteiger partial charge in [0.1, 0.15) is 12.4 Å². The second-order valence-electron chi connectivity index (χ2n) is 5.31. The van der Waals surface area contributed by atoms with Crippen molar-refractivity contribution in [3.8, 4) is 5.75 Å². The summed E-state index contributed by atoms with van der Waals surface area (Å²) in [5.41, 5.74) is 7.01. The SMILES string of the molecule is COCCOc1ccccc1C(N)C1CCCCS1(=O)=O. The van der Waals surface area contributed by atoms with Crippen molar-refractivity contribution in [2.75, 3.05) is 26.1 Å². The van der Waals surface area contributed by atoms with Crippen LogP contribution in [0.15, 0.2) is 24.3 Å². The first-order chi connectivity index (χ1) is 10.1. The van der Waals surface area contributed by atoms with Gasteiger partial charge >= 0.3 is 0 Å². The molecule has 0 aromatic heterocycles. The molecule has 1 heterocycles. The van der Waals surface area contributed by atoms with E-state index in [1.807, 2.05) is 24.3 Å². The van der Waals surface area contributed by atoms with Crippen molar-refractivity contribution in [3.05, 3.63) is 29.8 Å². The Kier molecular flexibility index (Phi) is 5.61. The van der Waals surface area contributed by atoms with Gasteiger partial charge in [-0.25, -0.2) is 8.42 Å². The van der Waals surface area contributed by atoms with E-state index in [9.17, 15) is 8.42 Å². The topological polar surface area (TPSA) is 78.6 Å². The van der Waals surface area contributed by atoms with Crippen molar-refractivity contribution in [1.82, 2.24) is 0 Å². The molecule has 0 spiro atoms. The van der Waals surface area contributed by atoms with E-state index in [2.05, 4.69) is 0 Å². The van der Waals surface area contributed by atoms with Crippen molar-refractivity contribution in [2.45, 2.75) is 30.6 Å². The maximum absolute atomic E-state index is 12.2. The van der Waals surface area contributed by atoms with Gasteiger partial charge in [0.25, 0.3) is 0 Å². The van der Waals surface area contributed by atoms with Crippen LogP contribution in [0.5, 0.6) is 5.75 Å². The molecule has 0 saturated carbocycles. The molecule has 1 aliphatic heterocycles. The maximum Gasteiger partial charge on any atom is 0.155 e. The number of hydrogen-bond acceptors (Lipinski definition) is 5. The molecule has 1 aromatic rings. The monoisotopic (exact) mass is 313 g/mol. The molecule has 0 radical (unpaired) electrons. The van der Waals surface area contributed by atoms with Gasteiger partial charge in [0.2, 0.25) is 0 Å². The average molecular weight is 313 g/mol. The third-order valence-corrected chi connectivity index (χ3v) is 6.16. The first-order valence-corrected chi connectivity index (χ1v) is 8.95. The minimum atomic E-state index is -3.12. The number of nitrogens with two attached hydrogens (primary N) is 1. The fourth-order valence-corrected chi connectivity index (χ4v) is 4.73. The zero-order valence-corrected chi connectivity index (χ0v) is 13.1. The van der Waals surface area contributed by atoms with E-state index in [1.165, 1.54) is 0 Å². The normalized spacial score (nSPS) is 22.7. The van der Waals surface area contributed by atoms with Crippen LogP contribution in [-0.4, -0.2) is 39.7 Å². The molecule has 2 N–H and O–H groups in total. The molecule has 118 valence electrons. The molecule has 1 aliphatic rings.